The van der Waals surface area contributed by atoms with Crippen LogP contribution in [0.15, 0.2) is 18.2 Å². The van der Waals surface area contributed by atoms with E-state index in [9.17, 15) is 9.59 Å². The van der Waals surface area contributed by atoms with Crippen LogP contribution < -0.4 is 11.1 Å². The van der Waals surface area contributed by atoms with Crippen molar-refractivity contribution >= 4 is 35.0 Å². The molecule has 6 heteroatoms. The van der Waals surface area contributed by atoms with E-state index in [1.807, 2.05) is 0 Å². The average Bonchev–Trinajstić information content (AvgIpc) is 3.02. The minimum absolute atomic E-state index is 0.126. The van der Waals surface area contributed by atoms with Gasteiger partial charge in [-0.3, -0.25) is 14.9 Å². The molecule has 1 aliphatic rings. The summed E-state index contributed by atoms with van der Waals surface area (Å²) in [5.74, 6) is -1.06. The zero-order chi connectivity index (χ0) is 12.6. The zero-order valence-corrected chi connectivity index (χ0v) is 10.3. The van der Waals surface area contributed by atoms with Crippen LogP contribution in [0, 0.1) is 0 Å². The van der Waals surface area contributed by atoms with Crippen LogP contribution in [0.1, 0.15) is 23.2 Å². The molecule has 2 rings (SSSR count). The van der Waals surface area contributed by atoms with Gasteiger partial charge >= 0.3 is 0 Å². The molecule has 0 spiro atoms. The molecule has 1 fully saturated rings. The molecular formula is C11H10Cl2N2O2. The van der Waals surface area contributed by atoms with E-state index < -0.39 is 17.4 Å². The predicted octanol–water partition coefficient (Wildman–Crippen LogP) is 1.74. The third kappa shape index (κ3) is 2.44. The van der Waals surface area contributed by atoms with Gasteiger partial charge in [0, 0.05) is 0 Å². The highest BCUT2D eigenvalue weighted by molar-refractivity contribution is 6.44. The summed E-state index contributed by atoms with van der Waals surface area (Å²) < 4.78 is 0. The van der Waals surface area contributed by atoms with Crippen LogP contribution in [0.5, 0.6) is 0 Å². The van der Waals surface area contributed by atoms with Crippen molar-refractivity contribution in [2.24, 2.45) is 5.73 Å². The van der Waals surface area contributed by atoms with Gasteiger partial charge in [-0.1, -0.05) is 29.3 Å². The average molecular weight is 273 g/mol. The smallest absolute Gasteiger partial charge is 0.259 e. The molecule has 0 aromatic heterocycles. The number of carbonyl (C=O) groups excluding carboxylic acids is 2. The molecule has 1 saturated carbocycles. The summed E-state index contributed by atoms with van der Waals surface area (Å²) in [6.45, 7) is 0. The molecule has 0 atom stereocenters. The molecule has 3 N–H and O–H groups in total. The van der Waals surface area contributed by atoms with Crippen molar-refractivity contribution in [3.63, 3.8) is 0 Å². The predicted molar refractivity (Wildman–Crippen MR) is 65.1 cm³/mol. The summed E-state index contributed by atoms with van der Waals surface area (Å²) >= 11 is 11.6. The molecule has 1 aromatic carbocycles. The fourth-order valence-corrected chi connectivity index (χ4v) is 1.72. The Morgan fingerprint density at radius 2 is 1.94 bits per heavy atom. The Bertz CT molecular complexity index is 498. The van der Waals surface area contributed by atoms with Gasteiger partial charge in [-0.2, -0.15) is 0 Å². The standard InChI is InChI=1S/C11H10Cl2N2O2/c12-7-3-1-2-6(8(7)13)9(16)15-10(17)11(14)4-5-11/h1-3H,4-5,14H2,(H,15,16,17). The molecule has 2 amide bonds. The Morgan fingerprint density at radius 3 is 2.53 bits per heavy atom. The Labute approximate surface area is 108 Å². The highest BCUT2D eigenvalue weighted by atomic mass is 35.5. The van der Waals surface area contributed by atoms with Gasteiger partial charge in [0.05, 0.1) is 21.1 Å². The van der Waals surface area contributed by atoms with Gasteiger partial charge in [-0.05, 0) is 25.0 Å². The molecule has 1 aliphatic carbocycles. The number of amides is 2. The summed E-state index contributed by atoms with van der Waals surface area (Å²) in [5, 5.41) is 2.61. The fourth-order valence-electron chi connectivity index (χ4n) is 1.34. The lowest BCUT2D eigenvalue weighted by molar-refractivity contribution is -0.122. The molecule has 1 aromatic rings. The minimum Gasteiger partial charge on any atom is -0.317 e. The van der Waals surface area contributed by atoms with Crippen molar-refractivity contribution in [2.75, 3.05) is 0 Å². The summed E-state index contributed by atoms with van der Waals surface area (Å²) in [7, 11) is 0. The van der Waals surface area contributed by atoms with Crippen molar-refractivity contribution in [1.82, 2.24) is 5.32 Å². The third-order valence-electron chi connectivity index (χ3n) is 2.66. The SMILES string of the molecule is NC1(C(=O)NC(=O)c2cccc(Cl)c2Cl)CC1. The second kappa shape index (κ2) is 4.29. The van der Waals surface area contributed by atoms with Crippen molar-refractivity contribution in [1.29, 1.82) is 0 Å². The lowest BCUT2D eigenvalue weighted by atomic mass is 10.2. The monoisotopic (exact) mass is 272 g/mol. The van der Waals surface area contributed by atoms with E-state index in [2.05, 4.69) is 5.32 Å². The molecule has 0 heterocycles. The number of rotatable bonds is 2. The second-order valence-corrected chi connectivity index (χ2v) is 4.83. The molecule has 0 aliphatic heterocycles. The number of carbonyl (C=O) groups is 2. The van der Waals surface area contributed by atoms with Gasteiger partial charge < -0.3 is 5.73 Å². The van der Waals surface area contributed by atoms with Crippen LogP contribution in [0.25, 0.3) is 0 Å². The number of benzene rings is 1. The van der Waals surface area contributed by atoms with Gasteiger partial charge in [-0.25, -0.2) is 0 Å². The molecule has 4 nitrogen and oxygen atoms in total. The van der Waals surface area contributed by atoms with Crippen molar-refractivity contribution in [2.45, 2.75) is 18.4 Å². The van der Waals surface area contributed by atoms with E-state index >= 15 is 0 Å². The fraction of sp³-hybridized carbons (Fsp3) is 0.273. The van der Waals surface area contributed by atoms with Crippen molar-refractivity contribution in [3.8, 4) is 0 Å². The van der Waals surface area contributed by atoms with Crippen LogP contribution in [-0.4, -0.2) is 17.4 Å². The van der Waals surface area contributed by atoms with E-state index in [1.54, 1.807) is 12.1 Å². The highest BCUT2D eigenvalue weighted by Crippen LogP contribution is 2.32. The van der Waals surface area contributed by atoms with Crippen molar-refractivity contribution in [3.05, 3.63) is 33.8 Å². The van der Waals surface area contributed by atoms with Gasteiger partial charge in [-0.15, -0.1) is 0 Å². The molecule has 0 bridgehead atoms. The highest BCUT2D eigenvalue weighted by Gasteiger charge is 2.46. The maximum Gasteiger partial charge on any atom is 0.259 e. The number of hydrogen-bond donors (Lipinski definition) is 2. The van der Waals surface area contributed by atoms with Crippen LogP contribution >= 0.6 is 23.2 Å². The van der Waals surface area contributed by atoms with Gasteiger partial charge in [0.15, 0.2) is 0 Å². The Hall–Kier alpha value is -1.10. The second-order valence-electron chi connectivity index (χ2n) is 4.04. The Balaban J connectivity index is 2.15. The first-order valence-electron chi connectivity index (χ1n) is 5.03. The number of nitrogens with two attached hydrogens (primary N) is 1. The topological polar surface area (TPSA) is 72.2 Å². The molecule has 0 unspecified atom stereocenters. The number of imide groups is 1. The van der Waals surface area contributed by atoms with Crippen LogP contribution in [0.4, 0.5) is 0 Å². The lowest BCUT2D eigenvalue weighted by Crippen LogP contribution is -2.45. The maximum absolute atomic E-state index is 11.8. The van der Waals surface area contributed by atoms with Crippen LogP contribution in [0.3, 0.4) is 0 Å². The van der Waals surface area contributed by atoms with Gasteiger partial charge in [0.25, 0.3) is 5.91 Å². The quantitative estimate of drug-likeness (QED) is 0.806. The summed E-state index contributed by atoms with van der Waals surface area (Å²) in [6, 6.07) is 4.64. The maximum atomic E-state index is 11.8. The minimum atomic E-state index is -0.888. The normalized spacial score (nSPS) is 16.4. The van der Waals surface area contributed by atoms with E-state index in [-0.39, 0.29) is 15.6 Å². The third-order valence-corrected chi connectivity index (χ3v) is 3.48. The first-order chi connectivity index (χ1) is 7.94. The molecule has 0 saturated heterocycles. The molecule has 17 heavy (non-hydrogen) atoms. The summed E-state index contributed by atoms with van der Waals surface area (Å²) in [4.78, 5) is 23.3. The van der Waals surface area contributed by atoms with Gasteiger partial charge in [0.2, 0.25) is 5.91 Å². The van der Waals surface area contributed by atoms with Crippen LogP contribution in [0.2, 0.25) is 10.0 Å². The Kier molecular flexibility index (Phi) is 3.12. The van der Waals surface area contributed by atoms with Crippen molar-refractivity contribution < 1.29 is 9.59 Å². The largest absolute Gasteiger partial charge is 0.317 e. The number of nitrogens with one attached hydrogen (secondary N) is 1. The number of hydrogen-bond acceptors (Lipinski definition) is 3. The molecule has 90 valence electrons. The Morgan fingerprint density at radius 1 is 1.29 bits per heavy atom. The molecule has 0 radical (unpaired) electrons. The first kappa shape index (κ1) is 12.4. The summed E-state index contributed by atoms with van der Waals surface area (Å²) in [6.07, 6.45) is 1.19. The van der Waals surface area contributed by atoms with E-state index in [0.29, 0.717) is 12.8 Å². The van der Waals surface area contributed by atoms with Gasteiger partial charge in [0.1, 0.15) is 0 Å². The lowest BCUT2D eigenvalue weighted by Gasteiger charge is -2.10. The van der Waals surface area contributed by atoms with E-state index in [1.165, 1.54) is 6.07 Å². The first-order valence-corrected chi connectivity index (χ1v) is 5.78. The van der Waals surface area contributed by atoms with E-state index in [4.69, 9.17) is 28.9 Å². The molecular weight excluding hydrogens is 263 g/mol. The van der Waals surface area contributed by atoms with Crippen LogP contribution in [-0.2, 0) is 4.79 Å². The zero-order valence-electron chi connectivity index (χ0n) is 8.80. The summed E-state index contributed by atoms with van der Waals surface area (Å²) in [5.41, 5.74) is 4.94. The van der Waals surface area contributed by atoms with E-state index in [0.717, 1.165) is 0 Å². The number of halogens is 2.